The zero-order valence-electron chi connectivity index (χ0n) is 13.0. The van der Waals surface area contributed by atoms with Crippen LogP contribution in [0.25, 0.3) is 22.4 Å². The van der Waals surface area contributed by atoms with Crippen molar-refractivity contribution in [1.29, 1.82) is 0 Å². The van der Waals surface area contributed by atoms with E-state index in [0.717, 1.165) is 11.1 Å². The van der Waals surface area contributed by atoms with Gasteiger partial charge in [-0.25, -0.2) is 0 Å². The standard InChI is InChI=1S/C16H18N4O2/c1-8-5-11(10(3)17)16-12(6-8)14(21)9(2)15(22-16)13-7-18-20(4)19-13/h5-7,10H,17H2,1-4H3. The second kappa shape index (κ2) is 5.06. The Kier molecular flexibility index (Phi) is 3.33. The molecule has 0 aliphatic carbocycles. The number of hydrogen-bond acceptors (Lipinski definition) is 5. The molecule has 0 bridgehead atoms. The highest BCUT2D eigenvalue weighted by molar-refractivity contribution is 5.83. The van der Waals surface area contributed by atoms with Crippen molar-refractivity contribution >= 4 is 11.0 Å². The molecule has 6 heteroatoms. The smallest absolute Gasteiger partial charge is 0.196 e. The van der Waals surface area contributed by atoms with Crippen molar-refractivity contribution in [3.8, 4) is 11.5 Å². The van der Waals surface area contributed by atoms with Crippen LogP contribution < -0.4 is 11.2 Å². The van der Waals surface area contributed by atoms with E-state index < -0.39 is 0 Å². The second-order valence-corrected chi connectivity index (χ2v) is 5.62. The fourth-order valence-corrected chi connectivity index (χ4v) is 2.60. The third-order valence-electron chi connectivity index (χ3n) is 3.71. The molecule has 22 heavy (non-hydrogen) atoms. The first-order chi connectivity index (χ1) is 10.4. The van der Waals surface area contributed by atoms with E-state index in [-0.39, 0.29) is 11.5 Å². The monoisotopic (exact) mass is 298 g/mol. The van der Waals surface area contributed by atoms with Gasteiger partial charge in [0.1, 0.15) is 11.3 Å². The predicted octanol–water partition coefficient (Wildman–Crippen LogP) is 2.23. The van der Waals surface area contributed by atoms with Crippen molar-refractivity contribution in [1.82, 2.24) is 15.0 Å². The molecular weight excluding hydrogens is 280 g/mol. The number of hydrogen-bond donors (Lipinski definition) is 1. The highest BCUT2D eigenvalue weighted by Crippen LogP contribution is 2.29. The van der Waals surface area contributed by atoms with Crippen LogP contribution in [0.15, 0.2) is 27.5 Å². The molecule has 0 saturated carbocycles. The van der Waals surface area contributed by atoms with E-state index in [1.54, 1.807) is 20.2 Å². The van der Waals surface area contributed by atoms with Gasteiger partial charge in [0.15, 0.2) is 11.2 Å². The van der Waals surface area contributed by atoms with Crippen molar-refractivity contribution < 1.29 is 4.42 Å². The molecule has 1 atom stereocenters. The summed E-state index contributed by atoms with van der Waals surface area (Å²) in [5.74, 6) is 0.441. The molecule has 0 amide bonds. The van der Waals surface area contributed by atoms with E-state index in [0.29, 0.717) is 28.0 Å². The Balaban J connectivity index is 2.42. The summed E-state index contributed by atoms with van der Waals surface area (Å²) >= 11 is 0. The molecule has 2 heterocycles. The Morgan fingerprint density at radius 3 is 2.64 bits per heavy atom. The van der Waals surface area contributed by atoms with Gasteiger partial charge in [0.05, 0.1) is 11.6 Å². The Hall–Kier alpha value is -2.47. The summed E-state index contributed by atoms with van der Waals surface area (Å²) in [7, 11) is 1.72. The number of aryl methyl sites for hydroxylation is 2. The van der Waals surface area contributed by atoms with Gasteiger partial charge in [0.2, 0.25) is 0 Å². The molecule has 0 radical (unpaired) electrons. The molecule has 114 valence electrons. The molecular formula is C16H18N4O2. The van der Waals surface area contributed by atoms with E-state index in [2.05, 4.69) is 10.2 Å². The van der Waals surface area contributed by atoms with Gasteiger partial charge in [-0.1, -0.05) is 6.07 Å². The lowest BCUT2D eigenvalue weighted by molar-refractivity contribution is 0.595. The van der Waals surface area contributed by atoms with Crippen molar-refractivity contribution in [2.24, 2.45) is 12.8 Å². The molecule has 1 unspecified atom stereocenters. The highest BCUT2D eigenvalue weighted by Gasteiger charge is 2.18. The Bertz CT molecular complexity index is 922. The number of nitrogens with zero attached hydrogens (tertiary/aromatic N) is 3. The van der Waals surface area contributed by atoms with Gasteiger partial charge in [0, 0.05) is 24.2 Å². The van der Waals surface area contributed by atoms with Crippen LogP contribution >= 0.6 is 0 Å². The quantitative estimate of drug-likeness (QED) is 0.784. The molecule has 1 aromatic carbocycles. The summed E-state index contributed by atoms with van der Waals surface area (Å²) in [6.07, 6.45) is 1.58. The second-order valence-electron chi connectivity index (χ2n) is 5.62. The van der Waals surface area contributed by atoms with Crippen LogP contribution in [-0.2, 0) is 7.05 Å². The molecule has 0 fully saturated rings. The van der Waals surface area contributed by atoms with Crippen LogP contribution in [0.5, 0.6) is 0 Å². The summed E-state index contributed by atoms with van der Waals surface area (Å²) in [5, 5.41) is 8.81. The van der Waals surface area contributed by atoms with E-state index in [1.807, 2.05) is 26.0 Å². The van der Waals surface area contributed by atoms with Gasteiger partial charge < -0.3 is 10.2 Å². The van der Waals surface area contributed by atoms with Gasteiger partial charge in [0.25, 0.3) is 0 Å². The van der Waals surface area contributed by atoms with Crippen molar-refractivity contribution in [3.63, 3.8) is 0 Å². The minimum Gasteiger partial charge on any atom is -0.453 e. The fourth-order valence-electron chi connectivity index (χ4n) is 2.60. The van der Waals surface area contributed by atoms with Crippen LogP contribution in [-0.4, -0.2) is 15.0 Å². The zero-order chi connectivity index (χ0) is 16.0. The lowest BCUT2D eigenvalue weighted by Gasteiger charge is -2.12. The number of benzene rings is 1. The van der Waals surface area contributed by atoms with Gasteiger partial charge >= 0.3 is 0 Å². The third-order valence-corrected chi connectivity index (χ3v) is 3.71. The molecule has 2 aromatic heterocycles. The predicted molar refractivity (Wildman–Crippen MR) is 84.6 cm³/mol. The maximum atomic E-state index is 12.7. The van der Waals surface area contributed by atoms with Gasteiger partial charge in [-0.2, -0.15) is 15.0 Å². The molecule has 0 spiro atoms. The van der Waals surface area contributed by atoms with Gasteiger partial charge in [-0.15, -0.1) is 0 Å². The number of rotatable bonds is 2. The van der Waals surface area contributed by atoms with Crippen molar-refractivity contribution in [3.05, 3.63) is 45.2 Å². The molecule has 0 aliphatic rings. The number of aromatic nitrogens is 3. The minimum atomic E-state index is -0.233. The molecule has 2 N–H and O–H groups in total. The van der Waals surface area contributed by atoms with E-state index >= 15 is 0 Å². The zero-order valence-corrected chi connectivity index (χ0v) is 13.0. The molecule has 3 rings (SSSR count). The van der Waals surface area contributed by atoms with Crippen LogP contribution in [0.3, 0.4) is 0 Å². The fraction of sp³-hybridized carbons (Fsp3) is 0.312. The maximum absolute atomic E-state index is 12.7. The largest absolute Gasteiger partial charge is 0.453 e. The van der Waals surface area contributed by atoms with Crippen molar-refractivity contribution in [2.75, 3.05) is 0 Å². The lowest BCUT2D eigenvalue weighted by atomic mass is 10.0. The molecule has 3 aromatic rings. The summed E-state index contributed by atoms with van der Waals surface area (Å²) in [6, 6.07) is 3.55. The topological polar surface area (TPSA) is 86.9 Å². The summed E-state index contributed by atoms with van der Waals surface area (Å²) in [6.45, 7) is 5.55. The van der Waals surface area contributed by atoms with Gasteiger partial charge in [-0.3, -0.25) is 4.79 Å². The summed E-state index contributed by atoms with van der Waals surface area (Å²) < 4.78 is 6.02. The number of nitrogens with two attached hydrogens (primary N) is 1. The van der Waals surface area contributed by atoms with E-state index in [9.17, 15) is 4.79 Å². The average Bonchev–Trinajstić information content (AvgIpc) is 2.88. The average molecular weight is 298 g/mol. The molecule has 6 nitrogen and oxygen atoms in total. The lowest BCUT2D eigenvalue weighted by Crippen LogP contribution is -2.12. The SMILES string of the molecule is Cc1cc(C(C)N)c2oc(-c3cnn(C)n3)c(C)c(=O)c2c1. The third kappa shape index (κ3) is 2.21. The van der Waals surface area contributed by atoms with E-state index in [4.69, 9.17) is 10.2 Å². The first-order valence-electron chi connectivity index (χ1n) is 7.08. The Morgan fingerprint density at radius 1 is 1.32 bits per heavy atom. The first-order valence-corrected chi connectivity index (χ1v) is 7.08. The van der Waals surface area contributed by atoms with Crippen LogP contribution in [0.4, 0.5) is 0 Å². The van der Waals surface area contributed by atoms with Gasteiger partial charge in [-0.05, 0) is 32.4 Å². The normalized spacial score (nSPS) is 12.8. The summed E-state index contributed by atoms with van der Waals surface area (Å²) in [5.41, 5.74) is 9.36. The van der Waals surface area contributed by atoms with E-state index in [1.165, 1.54) is 4.80 Å². The Labute approximate surface area is 127 Å². The molecule has 0 saturated heterocycles. The highest BCUT2D eigenvalue weighted by atomic mass is 16.3. The maximum Gasteiger partial charge on any atom is 0.196 e. The number of fused-ring (bicyclic) bond motifs is 1. The minimum absolute atomic E-state index is 0.0625. The van der Waals surface area contributed by atoms with Crippen LogP contribution in [0.2, 0.25) is 0 Å². The van der Waals surface area contributed by atoms with Crippen molar-refractivity contribution in [2.45, 2.75) is 26.8 Å². The first kappa shape index (κ1) is 14.5. The molecule has 0 aliphatic heterocycles. The van der Waals surface area contributed by atoms with Crippen LogP contribution in [0, 0.1) is 13.8 Å². The van der Waals surface area contributed by atoms with Crippen LogP contribution in [0.1, 0.15) is 29.7 Å². The summed E-state index contributed by atoms with van der Waals surface area (Å²) in [4.78, 5) is 14.1. The Morgan fingerprint density at radius 2 is 2.05 bits per heavy atom.